The Morgan fingerprint density at radius 1 is 0.515 bits per heavy atom. The van der Waals surface area contributed by atoms with E-state index in [0.717, 1.165) is 11.0 Å². The fourth-order valence-corrected chi connectivity index (χ4v) is 4.92. The average Bonchev–Trinajstić information content (AvgIpc) is 2.79. The molecule has 33 heavy (non-hydrogen) atoms. The molecule has 0 saturated carbocycles. The van der Waals surface area contributed by atoms with Crippen molar-refractivity contribution in [3.63, 3.8) is 0 Å². The van der Waals surface area contributed by atoms with E-state index >= 15 is 0 Å². The van der Waals surface area contributed by atoms with Gasteiger partial charge < -0.3 is 26.2 Å². The second-order valence-electron chi connectivity index (χ2n) is 10.1. The minimum atomic E-state index is 0. The standard InChI is InChI=1S/C29H60NO2.BrH/c1-5-9-12-15-18-21-25-30(28-24-29(31)32-8-4,26-22-19-16-13-10-6-2)27-23-20-17-14-11-7-3;/h5-28H2,1-4H3;1H/q+1;/p-1. The fourth-order valence-electron chi connectivity index (χ4n) is 4.92. The Labute approximate surface area is 219 Å². The highest BCUT2D eigenvalue weighted by atomic mass is 79.9. The van der Waals surface area contributed by atoms with Crippen molar-refractivity contribution in [3.8, 4) is 0 Å². The monoisotopic (exact) mass is 533 g/mol. The summed E-state index contributed by atoms with van der Waals surface area (Å²) in [6, 6.07) is 0. The molecule has 0 radical (unpaired) electrons. The SMILES string of the molecule is CCCCCCCC[N+](CCCCCCCC)(CCCCCCCC)CCC(=O)OCC.[Br-]. The van der Waals surface area contributed by atoms with Crippen molar-refractivity contribution in [2.75, 3.05) is 32.8 Å². The summed E-state index contributed by atoms with van der Waals surface area (Å²) >= 11 is 0. The molecule has 3 nitrogen and oxygen atoms in total. The first-order valence-electron chi connectivity index (χ1n) is 14.6. The fraction of sp³-hybridized carbons (Fsp3) is 0.966. The minimum Gasteiger partial charge on any atom is -1.00 e. The van der Waals surface area contributed by atoms with Crippen LogP contribution >= 0.6 is 0 Å². The molecule has 0 bridgehead atoms. The summed E-state index contributed by atoms with van der Waals surface area (Å²) in [6.07, 6.45) is 24.9. The molecule has 0 fully saturated rings. The lowest BCUT2D eigenvalue weighted by Crippen LogP contribution is -3.00. The Hall–Kier alpha value is -0.0900. The predicted molar refractivity (Wildman–Crippen MR) is 141 cm³/mol. The van der Waals surface area contributed by atoms with Crippen molar-refractivity contribution in [1.82, 2.24) is 0 Å². The summed E-state index contributed by atoms with van der Waals surface area (Å²) in [7, 11) is 0. The van der Waals surface area contributed by atoms with Crippen LogP contribution in [-0.2, 0) is 9.53 Å². The summed E-state index contributed by atoms with van der Waals surface area (Å²) < 4.78 is 6.46. The zero-order valence-electron chi connectivity index (χ0n) is 23.1. The molecule has 0 aromatic heterocycles. The topological polar surface area (TPSA) is 26.3 Å². The number of nitrogens with zero attached hydrogens (tertiary/aromatic N) is 1. The van der Waals surface area contributed by atoms with Gasteiger partial charge in [0, 0.05) is 0 Å². The number of halogens is 1. The number of carbonyl (C=O) groups is 1. The van der Waals surface area contributed by atoms with E-state index in [4.69, 9.17) is 4.74 Å². The van der Waals surface area contributed by atoms with Crippen LogP contribution in [0.2, 0.25) is 0 Å². The zero-order valence-corrected chi connectivity index (χ0v) is 24.7. The number of hydrogen-bond acceptors (Lipinski definition) is 2. The molecule has 0 aliphatic heterocycles. The van der Waals surface area contributed by atoms with E-state index < -0.39 is 0 Å². The minimum absolute atomic E-state index is 0. The van der Waals surface area contributed by atoms with E-state index in [1.165, 1.54) is 135 Å². The lowest BCUT2D eigenvalue weighted by molar-refractivity contribution is -0.928. The maximum atomic E-state index is 12.2. The van der Waals surface area contributed by atoms with Gasteiger partial charge in [-0.05, 0) is 45.4 Å². The van der Waals surface area contributed by atoms with E-state index in [0.29, 0.717) is 13.0 Å². The number of ether oxygens (including phenoxy) is 1. The van der Waals surface area contributed by atoms with E-state index in [1.54, 1.807) is 0 Å². The molecule has 0 amide bonds. The van der Waals surface area contributed by atoms with Crippen molar-refractivity contribution in [1.29, 1.82) is 0 Å². The van der Waals surface area contributed by atoms with E-state index in [2.05, 4.69) is 20.8 Å². The molecule has 0 saturated heterocycles. The lowest BCUT2D eigenvalue weighted by Gasteiger charge is -2.39. The second-order valence-corrected chi connectivity index (χ2v) is 10.1. The van der Waals surface area contributed by atoms with Crippen LogP contribution in [-0.4, -0.2) is 43.2 Å². The van der Waals surface area contributed by atoms with Crippen molar-refractivity contribution < 1.29 is 31.0 Å². The molecular weight excluding hydrogens is 474 g/mol. The third kappa shape index (κ3) is 22.1. The van der Waals surface area contributed by atoms with Gasteiger partial charge in [0.1, 0.15) is 0 Å². The lowest BCUT2D eigenvalue weighted by atomic mass is 10.1. The molecule has 0 aliphatic carbocycles. The summed E-state index contributed by atoms with van der Waals surface area (Å²) in [4.78, 5) is 12.2. The predicted octanol–water partition coefficient (Wildman–Crippen LogP) is 5.84. The molecule has 0 aliphatic rings. The van der Waals surface area contributed by atoms with Gasteiger partial charge in [0.2, 0.25) is 0 Å². The Balaban J connectivity index is 0. The number of rotatable bonds is 25. The number of esters is 1. The molecular formula is C29H60BrNO2. The Kier molecular flexibility index (Phi) is 28.2. The van der Waals surface area contributed by atoms with Crippen LogP contribution in [0.3, 0.4) is 0 Å². The highest BCUT2D eigenvalue weighted by Gasteiger charge is 2.27. The van der Waals surface area contributed by atoms with Crippen LogP contribution < -0.4 is 17.0 Å². The molecule has 200 valence electrons. The van der Waals surface area contributed by atoms with Gasteiger partial charge in [-0.15, -0.1) is 0 Å². The van der Waals surface area contributed by atoms with Gasteiger partial charge in [0.15, 0.2) is 0 Å². The quantitative estimate of drug-likeness (QED) is 0.0836. The van der Waals surface area contributed by atoms with Gasteiger partial charge in [-0.25, -0.2) is 0 Å². The van der Waals surface area contributed by atoms with Crippen LogP contribution in [0.5, 0.6) is 0 Å². The third-order valence-electron chi connectivity index (χ3n) is 7.05. The third-order valence-corrected chi connectivity index (χ3v) is 7.05. The van der Waals surface area contributed by atoms with Crippen LogP contribution in [0.25, 0.3) is 0 Å². The smallest absolute Gasteiger partial charge is 0.311 e. The van der Waals surface area contributed by atoms with E-state index in [1.807, 2.05) is 6.92 Å². The molecule has 0 rings (SSSR count). The largest absolute Gasteiger partial charge is 1.00 e. The summed E-state index contributed by atoms with van der Waals surface area (Å²) in [6.45, 7) is 14.1. The van der Waals surface area contributed by atoms with Crippen molar-refractivity contribution in [3.05, 3.63) is 0 Å². The number of hydrogen-bond donors (Lipinski definition) is 0. The van der Waals surface area contributed by atoms with Gasteiger partial charge in [-0.1, -0.05) is 97.8 Å². The first-order chi connectivity index (χ1) is 15.6. The number of unbranched alkanes of at least 4 members (excludes halogenated alkanes) is 15. The van der Waals surface area contributed by atoms with Gasteiger partial charge in [0.25, 0.3) is 0 Å². The maximum Gasteiger partial charge on any atom is 0.311 e. The van der Waals surface area contributed by atoms with Crippen LogP contribution in [0.15, 0.2) is 0 Å². The van der Waals surface area contributed by atoms with Crippen LogP contribution in [0.1, 0.15) is 150 Å². The van der Waals surface area contributed by atoms with Crippen molar-refractivity contribution in [2.45, 2.75) is 150 Å². The van der Waals surface area contributed by atoms with E-state index in [-0.39, 0.29) is 23.0 Å². The Morgan fingerprint density at radius 3 is 1.18 bits per heavy atom. The van der Waals surface area contributed by atoms with Crippen LogP contribution in [0.4, 0.5) is 0 Å². The van der Waals surface area contributed by atoms with Gasteiger partial charge in [0.05, 0.1) is 39.2 Å². The summed E-state index contributed by atoms with van der Waals surface area (Å²) in [5.74, 6) is 0.00355. The molecule has 0 N–H and O–H groups in total. The highest BCUT2D eigenvalue weighted by molar-refractivity contribution is 5.69. The van der Waals surface area contributed by atoms with E-state index in [9.17, 15) is 4.79 Å². The molecule has 0 aromatic carbocycles. The number of quaternary nitrogens is 1. The Bertz CT molecular complexity index is 362. The van der Waals surface area contributed by atoms with Crippen molar-refractivity contribution in [2.24, 2.45) is 0 Å². The second kappa shape index (κ2) is 26.5. The zero-order chi connectivity index (χ0) is 23.8. The van der Waals surface area contributed by atoms with Crippen molar-refractivity contribution >= 4 is 5.97 Å². The average molecular weight is 535 g/mol. The molecule has 0 heterocycles. The molecule has 0 unspecified atom stereocenters. The van der Waals surface area contributed by atoms with Gasteiger partial charge in [-0.2, -0.15) is 0 Å². The maximum absolute atomic E-state index is 12.2. The highest BCUT2D eigenvalue weighted by Crippen LogP contribution is 2.19. The normalized spacial score (nSPS) is 11.4. The first-order valence-corrected chi connectivity index (χ1v) is 14.6. The molecule has 0 atom stereocenters. The molecule has 4 heteroatoms. The van der Waals surface area contributed by atoms with Gasteiger partial charge in [-0.3, -0.25) is 4.79 Å². The first kappa shape index (κ1) is 35.1. The van der Waals surface area contributed by atoms with Gasteiger partial charge >= 0.3 is 5.97 Å². The summed E-state index contributed by atoms with van der Waals surface area (Å²) in [5.41, 5.74) is 0. The number of carbonyl (C=O) groups excluding carboxylic acids is 1. The molecule has 0 aromatic rings. The summed E-state index contributed by atoms with van der Waals surface area (Å²) in [5, 5.41) is 0. The molecule has 0 spiro atoms. The Morgan fingerprint density at radius 2 is 0.848 bits per heavy atom. The van der Waals surface area contributed by atoms with Crippen LogP contribution in [0, 0.1) is 0 Å².